The molecule has 0 heterocycles. The van der Waals surface area contributed by atoms with Gasteiger partial charge in [0.05, 0.1) is 11.1 Å². The first-order chi connectivity index (χ1) is 12.1. The van der Waals surface area contributed by atoms with Crippen molar-refractivity contribution < 1.29 is 19.1 Å². The first-order valence-electron chi connectivity index (χ1n) is 7.47. The van der Waals surface area contributed by atoms with Gasteiger partial charge in [-0.1, -0.05) is 36.4 Å². The molecule has 3 aromatic rings. The van der Waals surface area contributed by atoms with E-state index in [2.05, 4.69) is 15.9 Å². The second kappa shape index (κ2) is 7.77. The Morgan fingerprint density at radius 2 is 1.20 bits per heavy atom. The van der Waals surface area contributed by atoms with Crippen molar-refractivity contribution in [2.75, 3.05) is 0 Å². The molecule has 0 saturated carbocycles. The molecular weight excluding hydrogens is 384 g/mol. The van der Waals surface area contributed by atoms with Crippen LogP contribution < -0.4 is 9.47 Å². The molecule has 0 aliphatic carbocycles. The second-order valence-electron chi connectivity index (χ2n) is 5.10. The highest BCUT2D eigenvalue weighted by molar-refractivity contribution is 9.10. The average Bonchev–Trinajstić information content (AvgIpc) is 2.63. The van der Waals surface area contributed by atoms with Gasteiger partial charge in [0.15, 0.2) is 0 Å². The van der Waals surface area contributed by atoms with Crippen molar-refractivity contribution in [3.8, 4) is 11.5 Å². The van der Waals surface area contributed by atoms with Gasteiger partial charge in [-0.25, -0.2) is 9.59 Å². The zero-order chi connectivity index (χ0) is 17.6. The number of benzene rings is 3. The Morgan fingerprint density at radius 3 is 1.72 bits per heavy atom. The molecule has 0 saturated heterocycles. The molecule has 0 fully saturated rings. The predicted molar refractivity (Wildman–Crippen MR) is 96.9 cm³/mol. The van der Waals surface area contributed by atoms with Crippen molar-refractivity contribution in [1.82, 2.24) is 0 Å². The smallest absolute Gasteiger partial charge is 0.344 e. The number of carbonyl (C=O) groups excluding carboxylic acids is 2. The number of ether oxygens (including phenoxy) is 2. The zero-order valence-corrected chi connectivity index (χ0v) is 14.6. The van der Waals surface area contributed by atoms with E-state index in [1.165, 1.54) is 18.2 Å². The van der Waals surface area contributed by atoms with E-state index in [-0.39, 0.29) is 0 Å². The van der Waals surface area contributed by atoms with Gasteiger partial charge in [-0.2, -0.15) is 0 Å². The summed E-state index contributed by atoms with van der Waals surface area (Å²) in [7, 11) is 0. The van der Waals surface area contributed by atoms with Crippen molar-refractivity contribution in [3.63, 3.8) is 0 Å². The van der Waals surface area contributed by atoms with E-state index in [1.807, 2.05) is 12.1 Å². The Balaban J connectivity index is 1.74. The van der Waals surface area contributed by atoms with Crippen LogP contribution in [0.4, 0.5) is 0 Å². The van der Waals surface area contributed by atoms with Crippen LogP contribution in [0.1, 0.15) is 20.7 Å². The number of hydrogen-bond donors (Lipinski definition) is 0. The molecule has 0 aromatic heterocycles. The molecule has 25 heavy (non-hydrogen) atoms. The van der Waals surface area contributed by atoms with Crippen LogP contribution in [0.5, 0.6) is 11.5 Å². The number of rotatable bonds is 4. The summed E-state index contributed by atoms with van der Waals surface area (Å²) in [5, 5.41) is 0. The Kier molecular flexibility index (Phi) is 5.26. The lowest BCUT2D eigenvalue weighted by Gasteiger charge is -2.08. The largest absolute Gasteiger partial charge is 0.423 e. The topological polar surface area (TPSA) is 52.6 Å². The highest BCUT2D eigenvalue weighted by Crippen LogP contribution is 2.22. The molecule has 0 N–H and O–H groups in total. The van der Waals surface area contributed by atoms with Crippen molar-refractivity contribution in [3.05, 3.63) is 94.5 Å². The Labute approximate surface area is 153 Å². The van der Waals surface area contributed by atoms with Crippen LogP contribution >= 0.6 is 15.9 Å². The van der Waals surface area contributed by atoms with Crippen LogP contribution in [0.3, 0.4) is 0 Å². The van der Waals surface area contributed by atoms with E-state index in [9.17, 15) is 9.59 Å². The Hall–Kier alpha value is -2.92. The third-order valence-electron chi connectivity index (χ3n) is 3.33. The molecule has 124 valence electrons. The monoisotopic (exact) mass is 396 g/mol. The fourth-order valence-corrected chi connectivity index (χ4v) is 2.65. The van der Waals surface area contributed by atoms with Gasteiger partial charge >= 0.3 is 11.9 Å². The molecule has 0 spiro atoms. The summed E-state index contributed by atoms with van der Waals surface area (Å²) in [5.74, 6) is -0.112. The summed E-state index contributed by atoms with van der Waals surface area (Å²) in [6, 6.07) is 22.1. The summed E-state index contributed by atoms with van der Waals surface area (Å²) < 4.78 is 11.0. The number of hydrogen-bond acceptors (Lipinski definition) is 4. The summed E-state index contributed by atoms with van der Waals surface area (Å²) in [6.45, 7) is 0. The van der Waals surface area contributed by atoms with Gasteiger partial charge in [0, 0.05) is 4.47 Å². The fourth-order valence-electron chi connectivity index (χ4n) is 2.11. The Morgan fingerprint density at radius 1 is 0.680 bits per heavy atom. The van der Waals surface area contributed by atoms with Crippen LogP contribution in [0.15, 0.2) is 83.3 Å². The van der Waals surface area contributed by atoms with Gasteiger partial charge < -0.3 is 9.47 Å². The van der Waals surface area contributed by atoms with Crippen LogP contribution in [0.25, 0.3) is 0 Å². The molecule has 0 unspecified atom stereocenters. The summed E-state index contributed by atoms with van der Waals surface area (Å²) >= 11 is 3.31. The maximum Gasteiger partial charge on any atom is 0.344 e. The number of halogens is 1. The SMILES string of the molecule is O=C(Oc1ccccc1)c1ccc(C(=O)Oc2ccccc2)c(Br)c1. The normalized spacial score (nSPS) is 10.1. The van der Waals surface area contributed by atoms with Gasteiger partial charge in [0.2, 0.25) is 0 Å². The minimum atomic E-state index is -0.513. The molecule has 3 aromatic carbocycles. The van der Waals surface area contributed by atoms with Crippen molar-refractivity contribution in [1.29, 1.82) is 0 Å². The van der Waals surface area contributed by atoms with Crippen molar-refractivity contribution >= 4 is 27.9 Å². The standard InChI is InChI=1S/C20H13BrO4/c21-18-13-14(19(22)24-15-7-3-1-4-8-15)11-12-17(18)20(23)25-16-9-5-2-6-10-16/h1-13H. The van der Waals surface area contributed by atoms with Crippen LogP contribution in [-0.2, 0) is 0 Å². The number of para-hydroxylation sites is 2. The summed E-state index contributed by atoms with van der Waals surface area (Å²) in [6.07, 6.45) is 0. The molecule has 0 radical (unpaired) electrons. The quantitative estimate of drug-likeness (QED) is 0.465. The lowest BCUT2D eigenvalue weighted by atomic mass is 10.1. The average molecular weight is 397 g/mol. The van der Waals surface area contributed by atoms with Crippen LogP contribution in [0.2, 0.25) is 0 Å². The first-order valence-corrected chi connectivity index (χ1v) is 8.27. The maximum atomic E-state index is 12.2. The number of carbonyl (C=O) groups is 2. The van der Waals surface area contributed by atoms with E-state index in [0.29, 0.717) is 27.1 Å². The highest BCUT2D eigenvalue weighted by atomic mass is 79.9. The molecule has 4 nitrogen and oxygen atoms in total. The molecular formula is C20H13BrO4. The van der Waals surface area contributed by atoms with Gasteiger partial charge in [-0.15, -0.1) is 0 Å². The van der Waals surface area contributed by atoms with Gasteiger partial charge in [-0.05, 0) is 58.4 Å². The van der Waals surface area contributed by atoms with Gasteiger partial charge in [0.25, 0.3) is 0 Å². The van der Waals surface area contributed by atoms with Gasteiger partial charge in [0.1, 0.15) is 11.5 Å². The van der Waals surface area contributed by atoms with E-state index in [4.69, 9.17) is 9.47 Å². The van der Waals surface area contributed by atoms with E-state index in [1.54, 1.807) is 48.5 Å². The van der Waals surface area contributed by atoms with Gasteiger partial charge in [-0.3, -0.25) is 0 Å². The fraction of sp³-hybridized carbons (Fsp3) is 0. The van der Waals surface area contributed by atoms with E-state index < -0.39 is 11.9 Å². The third kappa shape index (κ3) is 4.33. The summed E-state index contributed by atoms with van der Waals surface area (Å²) in [5.41, 5.74) is 0.645. The van der Waals surface area contributed by atoms with Crippen molar-refractivity contribution in [2.24, 2.45) is 0 Å². The maximum absolute atomic E-state index is 12.2. The molecule has 3 rings (SSSR count). The lowest BCUT2D eigenvalue weighted by Crippen LogP contribution is -2.12. The lowest BCUT2D eigenvalue weighted by molar-refractivity contribution is 0.0719. The molecule has 0 aliphatic rings. The van der Waals surface area contributed by atoms with Crippen molar-refractivity contribution in [2.45, 2.75) is 0 Å². The van der Waals surface area contributed by atoms with Crippen LogP contribution in [-0.4, -0.2) is 11.9 Å². The van der Waals surface area contributed by atoms with E-state index in [0.717, 1.165) is 0 Å². The van der Waals surface area contributed by atoms with E-state index >= 15 is 0 Å². The molecule has 5 heteroatoms. The second-order valence-corrected chi connectivity index (χ2v) is 5.95. The highest BCUT2D eigenvalue weighted by Gasteiger charge is 2.16. The third-order valence-corrected chi connectivity index (χ3v) is 3.99. The van der Waals surface area contributed by atoms with Crippen LogP contribution in [0, 0.1) is 0 Å². The predicted octanol–water partition coefficient (Wildman–Crippen LogP) is 4.89. The Bertz CT molecular complexity index is 892. The first kappa shape index (κ1) is 16.9. The minimum Gasteiger partial charge on any atom is -0.423 e. The molecule has 0 bridgehead atoms. The molecule has 0 amide bonds. The zero-order valence-electron chi connectivity index (χ0n) is 13.0. The number of esters is 2. The minimum absolute atomic E-state index is 0.320. The summed E-state index contributed by atoms with van der Waals surface area (Å²) in [4.78, 5) is 24.4. The molecule has 0 atom stereocenters. The molecule has 0 aliphatic heterocycles.